The molecule has 23 nitrogen and oxygen atoms in total. The summed E-state index contributed by atoms with van der Waals surface area (Å²) in [5, 5.41) is 65.8. The van der Waals surface area contributed by atoms with Crippen LogP contribution in [-0.2, 0) is 67.2 Å². The molecular formula is C52H68N8O15. The van der Waals surface area contributed by atoms with Gasteiger partial charge in [-0.2, -0.15) is 0 Å². The smallest absolute Gasteiger partial charge is 0.329 e. The van der Waals surface area contributed by atoms with Gasteiger partial charge in [0.1, 0.15) is 72.2 Å². The summed E-state index contributed by atoms with van der Waals surface area (Å²) in [6, 6.07) is 8.22. The molecule has 5 rings (SSSR count). The van der Waals surface area contributed by atoms with Crippen LogP contribution in [0.1, 0.15) is 76.5 Å². The number of primary amides is 1. The highest BCUT2D eigenvalue weighted by Gasteiger charge is 2.47. The van der Waals surface area contributed by atoms with Crippen LogP contribution in [0.15, 0.2) is 78.9 Å². The molecule has 12 atom stereocenters. The molecule has 23 heteroatoms. The molecule has 2 aliphatic heterocycles. The first kappa shape index (κ1) is 58.3. The average Bonchev–Trinajstić information content (AvgIpc) is 3.37. The highest BCUT2D eigenvalue weighted by Crippen LogP contribution is 2.25. The van der Waals surface area contributed by atoms with Crippen LogP contribution in [-0.4, -0.2) is 162 Å². The molecule has 406 valence electrons. The van der Waals surface area contributed by atoms with Crippen LogP contribution in [0.4, 0.5) is 0 Å². The number of phenols is 2. The van der Waals surface area contributed by atoms with E-state index in [0.29, 0.717) is 16.7 Å². The van der Waals surface area contributed by atoms with Crippen molar-refractivity contribution < 1.29 is 73.4 Å². The number of likely N-dealkylation sites (N-methyl/N-ethyl adjacent to an activating group) is 1. The minimum Gasteiger partial charge on any atom is -0.508 e. The van der Waals surface area contributed by atoms with Gasteiger partial charge >= 0.3 is 5.97 Å². The molecule has 3 aromatic carbocycles. The molecule has 2 heterocycles. The first-order valence-electron chi connectivity index (χ1n) is 24.7. The third-order valence-electron chi connectivity index (χ3n) is 13.4. The Morgan fingerprint density at radius 1 is 0.773 bits per heavy atom. The van der Waals surface area contributed by atoms with Gasteiger partial charge in [0.15, 0.2) is 0 Å². The van der Waals surface area contributed by atoms with Gasteiger partial charge in [-0.3, -0.25) is 38.4 Å². The Morgan fingerprint density at radius 2 is 1.37 bits per heavy atom. The molecule has 0 spiro atoms. The van der Waals surface area contributed by atoms with Crippen molar-refractivity contribution in [1.29, 1.82) is 0 Å². The van der Waals surface area contributed by atoms with Gasteiger partial charge in [0.25, 0.3) is 0 Å². The number of phenolic OH excluding ortho intramolecular Hbond substituents is 2. The SMILES string of the molecule is CC[C@H](C)[C@@H]1NC(=O)C(Cc2ccccc2)N(C)C(=O)[C@H]([C@@H](C)O)N2C(=O)[C@H](CC[C@H]2O)NC(=O)C(Cc2ccc(O)cc2)NC(=O)[C@H](NC(=O)[C@H](CCC(N)=O)NC(=O)[C@H](O)Cc2ccc(O)cc2)[C@@H](C)OC1=O. The summed E-state index contributed by atoms with van der Waals surface area (Å²) in [4.78, 5) is 129. The number of fused-ring (bicyclic) bond motifs is 2. The zero-order chi connectivity index (χ0) is 55.3. The number of carbonyl (C=O) groups is 9. The lowest BCUT2D eigenvalue weighted by Gasteiger charge is -2.43. The van der Waals surface area contributed by atoms with Crippen LogP contribution in [0.3, 0.4) is 0 Å². The van der Waals surface area contributed by atoms with Gasteiger partial charge in [-0.1, -0.05) is 74.9 Å². The first-order chi connectivity index (χ1) is 35.5. The third kappa shape index (κ3) is 15.7. The zero-order valence-electron chi connectivity index (χ0n) is 42.4. The van der Waals surface area contributed by atoms with Gasteiger partial charge in [-0.05, 0) is 80.0 Å². The monoisotopic (exact) mass is 1040 g/mol. The van der Waals surface area contributed by atoms with Crippen molar-refractivity contribution in [1.82, 2.24) is 36.4 Å². The lowest BCUT2D eigenvalue weighted by atomic mass is 9.96. The Kier molecular flexibility index (Phi) is 20.6. The first-order valence-corrected chi connectivity index (χ1v) is 24.7. The maximum atomic E-state index is 14.8. The molecule has 8 amide bonds. The van der Waals surface area contributed by atoms with E-state index >= 15 is 0 Å². The summed E-state index contributed by atoms with van der Waals surface area (Å²) in [6.45, 7) is 5.79. The number of carbonyl (C=O) groups excluding carboxylic acids is 9. The summed E-state index contributed by atoms with van der Waals surface area (Å²) in [5.74, 6) is -10.1. The van der Waals surface area contributed by atoms with Crippen LogP contribution >= 0.6 is 0 Å². The van der Waals surface area contributed by atoms with Gasteiger partial charge in [-0.15, -0.1) is 0 Å². The minimum absolute atomic E-state index is 0.0664. The van der Waals surface area contributed by atoms with Crippen LogP contribution in [0.5, 0.6) is 11.5 Å². The number of benzene rings is 3. The number of aliphatic hydroxyl groups excluding tert-OH is 3. The van der Waals surface area contributed by atoms with Crippen molar-refractivity contribution in [2.75, 3.05) is 7.05 Å². The quantitative estimate of drug-likeness (QED) is 0.0742. The summed E-state index contributed by atoms with van der Waals surface area (Å²) >= 11 is 0. The molecule has 2 unspecified atom stereocenters. The van der Waals surface area contributed by atoms with Crippen LogP contribution in [0.2, 0.25) is 0 Å². The van der Waals surface area contributed by atoms with Crippen molar-refractivity contribution in [2.45, 2.75) is 146 Å². The van der Waals surface area contributed by atoms with Gasteiger partial charge in [0.05, 0.1) is 6.10 Å². The molecule has 3 aromatic rings. The molecule has 12 N–H and O–H groups in total. The van der Waals surface area contributed by atoms with E-state index in [-0.39, 0.29) is 50.0 Å². The second kappa shape index (κ2) is 26.5. The number of hydrogen-bond acceptors (Lipinski definition) is 15. The highest BCUT2D eigenvalue weighted by molar-refractivity contribution is 5.99. The lowest BCUT2D eigenvalue weighted by Crippen LogP contribution is -2.67. The molecule has 2 saturated heterocycles. The van der Waals surface area contributed by atoms with E-state index in [9.17, 15) is 68.7 Å². The summed E-state index contributed by atoms with van der Waals surface area (Å²) in [7, 11) is 1.26. The van der Waals surface area contributed by atoms with E-state index in [1.54, 1.807) is 44.2 Å². The maximum absolute atomic E-state index is 14.8. The largest absolute Gasteiger partial charge is 0.508 e. The number of nitrogens with two attached hydrogens (primary N) is 1. The summed E-state index contributed by atoms with van der Waals surface area (Å²) in [5.41, 5.74) is 6.80. The fourth-order valence-corrected chi connectivity index (χ4v) is 8.80. The number of ether oxygens (including phenoxy) is 1. The topological polar surface area (TPSA) is 357 Å². The second-order valence-corrected chi connectivity index (χ2v) is 19.1. The Labute approximate surface area is 433 Å². The van der Waals surface area contributed by atoms with E-state index in [0.717, 1.165) is 9.80 Å². The predicted octanol–water partition coefficient (Wildman–Crippen LogP) is -1.32. The number of amides is 8. The number of aromatic hydroxyl groups is 2. The van der Waals surface area contributed by atoms with Crippen LogP contribution in [0.25, 0.3) is 0 Å². The van der Waals surface area contributed by atoms with Crippen LogP contribution in [0, 0.1) is 5.92 Å². The van der Waals surface area contributed by atoms with Crippen molar-refractivity contribution in [3.63, 3.8) is 0 Å². The molecule has 0 saturated carbocycles. The van der Waals surface area contributed by atoms with Crippen molar-refractivity contribution in [2.24, 2.45) is 11.7 Å². The summed E-state index contributed by atoms with van der Waals surface area (Å²) < 4.78 is 5.91. The van der Waals surface area contributed by atoms with E-state index in [1.165, 1.54) is 69.4 Å². The van der Waals surface area contributed by atoms with Gasteiger partial charge < -0.3 is 72.4 Å². The molecule has 0 aliphatic carbocycles. The van der Waals surface area contributed by atoms with Crippen molar-refractivity contribution in [3.05, 3.63) is 95.6 Å². The number of nitrogens with zero attached hydrogens (tertiary/aromatic N) is 2. The molecular weight excluding hydrogens is 977 g/mol. The third-order valence-corrected chi connectivity index (χ3v) is 13.4. The fourth-order valence-electron chi connectivity index (χ4n) is 8.80. The predicted molar refractivity (Wildman–Crippen MR) is 267 cm³/mol. The Hall–Kier alpha value is -7.63. The molecule has 0 radical (unpaired) electrons. The van der Waals surface area contributed by atoms with Crippen molar-refractivity contribution >= 4 is 53.2 Å². The van der Waals surface area contributed by atoms with E-state index < -0.39 is 139 Å². The molecule has 75 heavy (non-hydrogen) atoms. The van der Waals surface area contributed by atoms with Gasteiger partial charge in [0.2, 0.25) is 47.3 Å². The van der Waals surface area contributed by atoms with Gasteiger partial charge in [-0.25, -0.2) is 4.79 Å². The molecule has 2 aliphatic rings. The van der Waals surface area contributed by atoms with E-state index in [2.05, 4.69) is 26.6 Å². The number of esters is 1. The Bertz CT molecular complexity index is 2510. The second-order valence-electron chi connectivity index (χ2n) is 19.1. The number of rotatable bonds is 16. The van der Waals surface area contributed by atoms with E-state index in [1.807, 2.05) is 0 Å². The van der Waals surface area contributed by atoms with Crippen molar-refractivity contribution in [3.8, 4) is 11.5 Å². The minimum atomic E-state index is -1.94. The van der Waals surface area contributed by atoms with Gasteiger partial charge in [0, 0.05) is 32.7 Å². The highest BCUT2D eigenvalue weighted by atomic mass is 16.5. The fraction of sp³-hybridized carbons (Fsp3) is 0.481. The molecule has 2 bridgehead atoms. The number of piperidine rings is 1. The number of cyclic esters (lactones) is 1. The Balaban J connectivity index is 1.60. The standard InChI is InChI=1S/C52H68N8O15/c1-6-27(2)42-52(74)75-29(4)43(58-45(67)35(20-22-40(53)65)54-48(70)39(64)26-32-14-18-34(63)19-15-32)49(71)56-37(24-31-12-16-33(62)17-13-31)46(68)55-36-21-23-41(66)60(50(36)72)44(28(3)61)51(73)59(5)38(47(69)57-42)25-30-10-8-7-9-11-30/h7-19,27-29,35-39,41-44,61-64,66H,6,20-26H2,1-5H3,(H2,53,65)(H,54,70)(H,55,68)(H,56,71)(H,57,69)(H,58,67)/t27-,28+,29+,35-,36-,37?,38?,39+,41+,42-,43+,44-/m0/s1. The summed E-state index contributed by atoms with van der Waals surface area (Å²) in [6.07, 6.45) is -8.50. The average molecular weight is 1050 g/mol. The maximum Gasteiger partial charge on any atom is 0.329 e. The Morgan fingerprint density at radius 3 is 1.96 bits per heavy atom. The van der Waals surface area contributed by atoms with Crippen LogP contribution < -0.4 is 32.3 Å². The van der Waals surface area contributed by atoms with E-state index in [4.69, 9.17) is 10.5 Å². The number of aliphatic hydroxyl groups is 3. The number of nitrogens with one attached hydrogen (secondary N) is 5. The number of hydrogen-bond donors (Lipinski definition) is 11. The lowest BCUT2D eigenvalue weighted by molar-refractivity contribution is -0.170. The molecule has 2 fully saturated rings. The normalized spacial score (nSPS) is 24.9. The molecule has 0 aromatic heterocycles. The zero-order valence-corrected chi connectivity index (χ0v) is 42.4.